The Hall–Kier alpha value is -2.10. The minimum atomic E-state index is -1.24. The fraction of sp³-hybridized carbons (Fsp3) is 0.545. The topological polar surface area (TPSA) is 74.6 Å². The number of carbonyl (C=O) groups excluding carboxylic acids is 2. The first-order valence-electron chi connectivity index (χ1n) is 9.12. The van der Waals surface area contributed by atoms with Gasteiger partial charge in [0.05, 0.1) is 5.41 Å². The first-order chi connectivity index (χ1) is 11.9. The number of aliphatic hydroxyl groups excluding tert-OH is 2. The second-order valence-corrected chi connectivity index (χ2v) is 8.20. The predicted molar refractivity (Wildman–Crippen MR) is 105 cm³/mol. The highest BCUT2D eigenvalue weighted by atomic mass is 16.3. The van der Waals surface area contributed by atoms with Gasteiger partial charge < -0.3 is 10.2 Å². The fourth-order valence-corrected chi connectivity index (χ4v) is 2.92. The lowest BCUT2D eigenvalue weighted by atomic mass is 9.69. The van der Waals surface area contributed by atoms with E-state index < -0.39 is 11.2 Å². The Morgan fingerprint density at radius 1 is 1.08 bits per heavy atom. The number of hydrogen-bond donors (Lipinski definition) is 2. The van der Waals surface area contributed by atoms with Gasteiger partial charge in [0, 0.05) is 12.0 Å². The molecule has 0 aromatic heterocycles. The van der Waals surface area contributed by atoms with E-state index in [0.717, 1.165) is 11.1 Å². The van der Waals surface area contributed by atoms with Crippen molar-refractivity contribution in [3.8, 4) is 0 Å². The second-order valence-electron chi connectivity index (χ2n) is 8.20. The van der Waals surface area contributed by atoms with Gasteiger partial charge in [0.15, 0.2) is 11.6 Å². The number of allylic oxidation sites excluding steroid dienone is 7. The van der Waals surface area contributed by atoms with E-state index in [2.05, 4.69) is 0 Å². The van der Waals surface area contributed by atoms with Crippen LogP contribution in [0.1, 0.15) is 67.7 Å². The third kappa shape index (κ3) is 4.75. The summed E-state index contributed by atoms with van der Waals surface area (Å²) in [6.07, 6.45) is 4.48. The van der Waals surface area contributed by atoms with Crippen LogP contribution in [0.4, 0.5) is 0 Å². The molecule has 0 unspecified atom stereocenters. The van der Waals surface area contributed by atoms with Gasteiger partial charge in [-0.1, -0.05) is 37.1 Å². The summed E-state index contributed by atoms with van der Waals surface area (Å²) in [5.74, 6) is -1.31. The van der Waals surface area contributed by atoms with Gasteiger partial charge in [-0.2, -0.15) is 0 Å². The Labute approximate surface area is 157 Å². The van der Waals surface area contributed by atoms with Gasteiger partial charge in [-0.25, -0.2) is 0 Å². The Morgan fingerprint density at radius 2 is 1.62 bits per heavy atom. The third-order valence-electron chi connectivity index (χ3n) is 4.56. The Balaban J connectivity index is 3.57. The van der Waals surface area contributed by atoms with Crippen molar-refractivity contribution in [1.29, 1.82) is 0 Å². The van der Waals surface area contributed by atoms with Crippen LogP contribution in [-0.4, -0.2) is 21.8 Å². The molecule has 0 fully saturated rings. The highest BCUT2D eigenvalue weighted by molar-refractivity contribution is 6.24. The monoisotopic (exact) mass is 360 g/mol. The van der Waals surface area contributed by atoms with Crippen molar-refractivity contribution in [2.24, 2.45) is 11.3 Å². The van der Waals surface area contributed by atoms with Crippen molar-refractivity contribution in [1.82, 2.24) is 0 Å². The van der Waals surface area contributed by atoms with Crippen LogP contribution in [0.2, 0.25) is 0 Å². The fourth-order valence-electron chi connectivity index (χ4n) is 2.92. The molecule has 0 amide bonds. The predicted octanol–water partition coefficient (Wildman–Crippen LogP) is 5.53. The van der Waals surface area contributed by atoms with Crippen LogP contribution in [0.3, 0.4) is 0 Å². The molecule has 0 aromatic carbocycles. The SMILES string of the molecule is CC(C)=CCC1=C(O)[C@@](C)(CC=C(C)C)C(=O)C(C(=O)CC(C)C)=C1O. The maximum absolute atomic E-state index is 13.1. The average Bonchev–Trinajstić information content (AvgIpc) is 2.50. The second kappa shape index (κ2) is 8.52. The zero-order valence-corrected chi connectivity index (χ0v) is 17.1. The Kier molecular flexibility index (Phi) is 7.19. The summed E-state index contributed by atoms with van der Waals surface area (Å²) in [6, 6.07) is 0. The van der Waals surface area contributed by atoms with E-state index >= 15 is 0 Å². The lowest BCUT2D eigenvalue weighted by molar-refractivity contribution is -0.127. The molecule has 2 N–H and O–H groups in total. The van der Waals surface area contributed by atoms with Crippen LogP contribution >= 0.6 is 0 Å². The maximum atomic E-state index is 13.1. The van der Waals surface area contributed by atoms with Crippen molar-refractivity contribution in [3.63, 3.8) is 0 Å². The van der Waals surface area contributed by atoms with Crippen LogP contribution in [0.5, 0.6) is 0 Å². The first kappa shape index (κ1) is 21.9. The molecule has 0 aromatic rings. The molecule has 1 aliphatic carbocycles. The van der Waals surface area contributed by atoms with Crippen LogP contribution in [0.25, 0.3) is 0 Å². The molecule has 0 bridgehead atoms. The van der Waals surface area contributed by atoms with Gasteiger partial charge >= 0.3 is 0 Å². The van der Waals surface area contributed by atoms with Crippen LogP contribution in [-0.2, 0) is 9.59 Å². The normalized spacial score (nSPS) is 20.5. The summed E-state index contributed by atoms with van der Waals surface area (Å²) in [6.45, 7) is 13.1. The van der Waals surface area contributed by atoms with Gasteiger partial charge in [-0.05, 0) is 53.4 Å². The molecule has 0 spiro atoms. The average molecular weight is 360 g/mol. The molecule has 1 atom stereocenters. The number of carbonyl (C=O) groups is 2. The number of Topliss-reactive ketones (excluding diaryl/α,β-unsaturated/α-hetero) is 2. The van der Waals surface area contributed by atoms with Crippen LogP contribution in [0.15, 0.2) is 46.0 Å². The van der Waals surface area contributed by atoms with Crippen molar-refractivity contribution >= 4 is 11.6 Å². The molecule has 1 rings (SSSR count). The third-order valence-corrected chi connectivity index (χ3v) is 4.56. The summed E-state index contributed by atoms with van der Waals surface area (Å²) < 4.78 is 0. The maximum Gasteiger partial charge on any atom is 0.183 e. The summed E-state index contributed by atoms with van der Waals surface area (Å²) in [5.41, 5.74) is 0.902. The van der Waals surface area contributed by atoms with E-state index in [-0.39, 0.29) is 53.6 Å². The quantitative estimate of drug-likeness (QED) is 0.462. The molecule has 0 aliphatic heterocycles. The highest BCUT2D eigenvalue weighted by Gasteiger charge is 2.47. The summed E-state index contributed by atoms with van der Waals surface area (Å²) in [4.78, 5) is 25.8. The van der Waals surface area contributed by atoms with Crippen molar-refractivity contribution in [2.45, 2.75) is 67.7 Å². The Bertz CT molecular complexity index is 708. The van der Waals surface area contributed by atoms with Crippen molar-refractivity contribution < 1.29 is 19.8 Å². The van der Waals surface area contributed by atoms with Crippen LogP contribution in [0, 0.1) is 11.3 Å². The number of hydrogen-bond acceptors (Lipinski definition) is 4. The standard InChI is InChI=1S/C22H32O4/c1-13(2)8-9-16-19(24)18(17(23)12-15(5)6)21(26)22(7,20(16)25)11-10-14(3)4/h8,10,15,24-25H,9,11-12H2,1-7H3/t22-/m1/s1. The highest BCUT2D eigenvalue weighted by Crippen LogP contribution is 2.43. The van der Waals surface area contributed by atoms with Gasteiger partial charge in [0.1, 0.15) is 17.1 Å². The van der Waals surface area contributed by atoms with Crippen LogP contribution < -0.4 is 0 Å². The molecule has 1 aliphatic rings. The van der Waals surface area contributed by atoms with Gasteiger partial charge in [0.2, 0.25) is 0 Å². The summed E-state index contributed by atoms with van der Waals surface area (Å²) in [7, 11) is 0. The minimum Gasteiger partial charge on any atom is -0.511 e. The molecule has 4 nitrogen and oxygen atoms in total. The molecule has 0 saturated heterocycles. The minimum absolute atomic E-state index is 0.0698. The summed E-state index contributed by atoms with van der Waals surface area (Å²) in [5, 5.41) is 21.5. The van der Waals surface area contributed by atoms with E-state index in [1.807, 2.05) is 53.7 Å². The molecule has 144 valence electrons. The zero-order valence-electron chi connectivity index (χ0n) is 17.1. The van der Waals surface area contributed by atoms with E-state index in [1.165, 1.54) is 0 Å². The zero-order chi connectivity index (χ0) is 20.2. The molecule has 26 heavy (non-hydrogen) atoms. The molecule has 0 radical (unpaired) electrons. The molecule has 0 heterocycles. The lowest BCUT2D eigenvalue weighted by Gasteiger charge is -2.33. The number of rotatable bonds is 7. The molecule has 4 heteroatoms. The summed E-state index contributed by atoms with van der Waals surface area (Å²) >= 11 is 0. The molecule has 0 saturated carbocycles. The van der Waals surface area contributed by atoms with Crippen molar-refractivity contribution in [2.75, 3.05) is 0 Å². The van der Waals surface area contributed by atoms with E-state index in [4.69, 9.17) is 0 Å². The molecular formula is C22H32O4. The van der Waals surface area contributed by atoms with Gasteiger partial charge in [-0.3, -0.25) is 9.59 Å². The van der Waals surface area contributed by atoms with Gasteiger partial charge in [0.25, 0.3) is 0 Å². The smallest absolute Gasteiger partial charge is 0.183 e. The van der Waals surface area contributed by atoms with Gasteiger partial charge in [-0.15, -0.1) is 0 Å². The molecular weight excluding hydrogens is 328 g/mol. The van der Waals surface area contributed by atoms with Crippen molar-refractivity contribution in [3.05, 3.63) is 46.0 Å². The Morgan fingerprint density at radius 3 is 2.08 bits per heavy atom. The van der Waals surface area contributed by atoms with E-state index in [0.29, 0.717) is 0 Å². The number of ketones is 2. The first-order valence-corrected chi connectivity index (χ1v) is 9.12. The largest absolute Gasteiger partial charge is 0.511 e. The van der Waals surface area contributed by atoms with E-state index in [1.54, 1.807) is 6.92 Å². The lowest BCUT2D eigenvalue weighted by Crippen LogP contribution is -2.38. The number of aliphatic hydroxyl groups is 2. The van der Waals surface area contributed by atoms with E-state index in [9.17, 15) is 19.8 Å².